The molecule has 2 fully saturated rings. The van der Waals surface area contributed by atoms with Crippen LogP contribution < -0.4 is 0 Å². The van der Waals surface area contributed by atoms with Crippen LogP contribution in [-0.4, -0.2) is 74.6 Å². The Hall–Kier alpha value is -0.280. The lowest BCUT2D eigenvalue weighted by Crippen LogP contribution is -2.43. The maximum Gasteiger partial charge on any atom is 0.186 e. The first-order valence-corrected chi connectivity index (χ1v) is 7.75. The minimum Gasteiger partial charge on any atom is -0.385 e. The maximum absolute atomic E-state index is 10.4. The van der Waals surface area contributed by atoms with Gasteiger partial charge in [-0.3, -0.25) is 0 Å². The molecule has 2 saturated heterocycles. The van der Waals surface area contributed by atoms with Crippen molar-refractivity contribution in [3.63, 3.8) is 0 Å². The van der Waals surface area contributed by atoms with Gasteiger partial charge in [-0.1, -0.05) is 0 Å². The van der Waals surface area contributed by atoms with Gasteiger partial charge in [-0.15, -0.1) is 0 Å². The SMILES string of the molecule is COCCOC1C(O)C(OC(C)C)OC1C1COC(C)(C)O1. The zero-order valence-electron chi connectivity index (χ0n) is 14.0. The topological polar surface area (TPSA) is 75.6 Å². The van der Waals surface area contributed by atoms with Crippen LogP contribution in [0.15, 0.2) is 0 Å². The van der Waals surface area contributed by atoms with Crippen molar-refractivity contribution in [1.82, 2.24) is 0 Å². The third kappa shape index (κ3) is 4.38. The summed E-state index contributed by atoms with van der Waals surface area (Å²) < 4.78 is 33.6. The number of hydrogen-bond donors (Lipinski definition) is 1. The monoisotopic (exact) mass is 320 g/mol. The quantitative estimate of drug-likeness (QED) is 0.691. The van der Waals surface area contributed by atoms with E-state index in [-0.39, 0.29) is 12.2 Å². The number of ether oxygens (including phenoxy) is 6. The number of aliphatic hydroxyl groups is 1. The van der Waals surface area contributed by atoms with Crippen LogP contribution in [0.4, 0.5) is 0 Å². The molecule has 5 atom stereocenters. The molecule has 0 aliphatic carbocycles. The Morgan fingerprint density at radius 2 is 2.00 bits per heavy atom. The fraction of sp³-hybridized carbons (Fsp3) is 1.00. The minimum absolute atomic E-state index is 0.0600. The van der Waals surface area contributed by atoms with E-state index >= 15 is 0 Å². The van der Waals surface area contributed by atoms with Crippen LogP contribution in [0.1, 0.15) is 27.7 Å². The molecule has 0 radical (unpaired) electrons. The molecule has 0 amide bonds. The molecule has 2 heterocycles. The van der Waals surface area contributed by atoms with Crippen molar-refractivity contribution in [1.29, 1.82) is 0 Å². The van der Waals surface area contributed by atoms with E-state index in [2.05, 4.69) is 0 Å². The van der Waals surface area contributed by atoms with Gasteiger partial charge in [-0.25, -0.2) is 0 Å². The van der Waals surface area contributed by atoms with Crippen LogP contribution in [0.5, 0.6) is 0 Å². The van der Waals surface area contributed by atoms with Gasteiger partial charge in [0.2, 0.25) is 0 Å². The van der Waals surface area contributed by atoms with Crippen LogP contribution in [0.25, 0.3) is 0 Å². The molecular weight excluding hydrogens is 292 g/mol. The Bertz CT molecular complexity index is 347. The summed E-state index contributed by atoms with van der Waals surface area (Å²) in [7, 11) is 1.60. The Morgan fingerprint density at radius 1 is 1.27 bits per heavy atom. The first-order valence-electron chi connectivity index (χ1n) is 7.75. The van der Waals surface area contributed by atoms with Gasteiger partial charge < -0.3 is 33.5 Å². The van der Waals surface area contributed by atoms with Gasteiger partial charge in [-0.2, -0.15) is 0 Å². The molecule has 0 saturated carbocycles. The van der Waals surface area contributed by atoms with Gasteiger partial charge in [0.15, 0.2) is 12.1 Å². The smallest absolute Gasteiger partial charge is 0.186 e. The second-order valence-corrected chi connectivity index (χ2v) is 6.34. The third-order valence-electron chi connectivity index (χ3n) is 3.63. The Labute approximate surface area is 131 Å². The molecule has 0 aromatic heterocycles. The fourth-order valence-corrected chi connectivity index (χ4v) is 2.68. The molecule has 0 aromatic rings. The number of methoxy groups -OCH3 is 1. The largest absolute Gasteiger partial charge is 0.385 e. The van der Waals surface area contributed by atoms with E-state index in [4.69, 9.17) is 28.4 Å². The van der Waals surface area contributed by atoms with Crippen LogP contribution >= 0.6 is 0 Å². The lowest BCUT2D eigenvalue weighted by atomic mass is 10.1. The summed E-state index contributed by atoms with van der Waals surface area (Å²) in [6, 6.07) is 0. The fourth-order valence-electron chi connectivity index (χ4n) is 2.68. The summed E-state index contributed by atoms with van der Waals surface area (Å²) in [6.45, 7) is 8.68. The van der Waals surface area contributed by atoms with Crippen LogP contribution in [0.3, 0.4) is 0 Å². The number of rotatable bonds is 7. The van der Waals surface area contributed by atoms with Gasteiger partial charge >= 0.3 is 0 Å². The van der Waals surface area contributed by atoms with E-state index in [1.54, 1.807) is 7.11 Å². The van der Waals surface area contributed by atoms with Crippen LogP contribution in [-0.2, 0) is 28.4 Å². The first-order chi connectivity index (χ1) is 10.3. The lowest BCUT2D eigenvalue weighted by Gasteiger charge is -2.25. The normalized spacial score (nSPS) is 38.0. The van der Waals surface area contributed by atoms with Crippen molar-refractivity contribution < 1.29 is 33.5 Å². The second kappa shape index (κ2) is 7.53. The molecule has 0 spiro atoms. The van der Waals surface area contributed by atoms with Crippen LogP contribution in [0.2, 0.25) is 0 Å². The highest BCUT2D eigenvalue weighted by atomic mass is 16.8. The third-order valence-corrected chi connectivity index (χ3v) is 3.63. The highest BCUT2D eigenvalue weighted by Gasteiger charge is 2.52. The molecular formula is C15H28O7. The van der Waals surface area contributed by atoms with Crippen molar-refractivity contribution in [2.45, 2.75) is 70.3 Å². The lowest BCUT2D eigenvalue weighted by molar-refractivity contribution is -0.204. The van der Waals surface area contributed by atoms with Crippen molar-refractivity contribution in [2.75, 3.05) is 26.9 Å². The molecule has 2 aliphatic heterocycles. The minimum atomic E-state index is -0.878. The van der Waals surface area contributed by atoms with Gasteiger partial charge in [0.05, 0.1) is 25.9 Å². The molecule has 130 valence electrons. The highest BCUT2D eigenvalue weighted by molar-refractivity contribution is 4.95. The zero-order chi connectivity index (χ0) is 16.3. The standard InChI is InChI=1S/C15H28O7/c1-9(2)20-14-11(16)13(18-7-6-17-5)12(21-14)10-8-19-15(3,4)22-10/h9-14,16H,6-8H2,1-5H3. The van der Waals surface area contributed by atoms with Crippen LogP contribution in [0, 0.1) is 0 Å². The summed E-state index contributed by atoms with van der Waals surface area (Å²) in [5, 5.41) is 10.4. The van der Waals surface area contributed by atoms with Crippen molar-refractivity contribution >= 4 is 0 Å². The highest BCUT2D eigenvalue weighted by Crippen LogP contribution is 2.34. The summed E-state index contributed by atoms with van der Waals surface area (Å²) in [5.74, 6) is -0.660. The summed E-state index contributed by atoms with van der Waals surface area (Å²) in [5.41, 5.74) is 0. The molecule has 0 aromatic carbocycles. The summed E-state index contributed by atoms with van der Waals surface area (Å²) in [4.78, 5) is 0. The first kappa shape index (κ1) is 18.1. The van der Waals surface area contributed by atoms with E-state index < -0.39 is 30.4 Å². The molecule has 0 bridgehead atoms. The van der Waals surface area contributed by atoms with E-state index in [0.29, 0.717) is 19.8 Å². The van der Waals surface area contributed by atoms with Gasteiger partial charge in [0.25, 0.3) is 0 Å². The van der Waals surface area contributed by atoms with E-state index in [1.807, 2.05) is 27.7 Å². The molecule has 2 rings (SSSR count). The zero-order valence-corrected chi connectivity index (χ0v) is 14.0. The molecule has 2 aliphatic rings. The van der Waals surface area contributed by atoms with Crippen molar-refractivity contribution in [3.8, 4) is 0 Å². The van der Waals surface area contributed by atoms with Gasteiger partial charge in [-0.05, 0) is 27.7 Å². The number of aliphatic hydroxyl groups excluding tert-OH is 1. The molecule has 22 heavy (non-hydrogen) atoms. The summed E-state index contributed by atoms with van der Waals surface area (Å²) >= 11 is 0. The van der Waals surface area contributed by atoms with E-state index in [1.165, 1.54) is 0 Å². The second-order valence-electron chi connectivity index (χ2n) is 6.34. The predicted molar refractivity (Wildman–Crippen MR) is 77.4 cm³/mol. The van der Waals surface area contributed by atoms with Gasteiger partial charge in [0.1, 0.15) is 24.4 Å². The van der Waals surface area contributed by atoms with E-state index in [0.717, 1.165) is 0 Å². The predicted octanol–water partition coefficient (Wildman–Crippen LogP) is 0.680. The number of hydrogen-bond acceptors (Lipinski definition) is 7. The average molecular weight is 320 g/mol. The Kier molecular flexibility index (Phi) is 6.18. The Balaban J connectivity index is 2.03. The molecule has 1 N–H and O–H groups in total. The van der Waals surface area contributed by atoms with Crippen molar-refractivity contribution in [3.05, 3.63) is 0 Å². The molecule has 7 heteroatoms. The summed E-state index contributed by atoms with van der Waals surface area (Å²) in [6.07, 6.45) is -2.96. The maximum atomic E-state index is 10.4. The van der Waals surface area contributed by atoms with Crippen molar-refractivity contribution in [2.24, 2.45) is 0 Å². The van der Waals surface area contributed by atoms with Gasteiger partial charge in [0, 0.05) is 7.11 Å². The molecule has 5 unspecified atom stereocenters. The average Bonchev–Trinajstić information content (AvgIpc) is 2.92. The Morgan fingerprint density at radius 3 is 2.55 bits per heavy atom. The van der Waals surface area contributed by atoms with E-state index in [9.17, 15) is 5.11 Å². The molecule has 7 nitrogen and oxygen atoms in total.